The summed E-state index contributed by atoms with van der Waals surface area (Å²) in [6.07, 6.45) is 9.32. The Bertz CT molecular complexity index is 172. The molecule has 3 heteroatoms. The fourth-order valence-electron chi connectivity index (χ4n) is 1.92. The van der Waals surface area contributed by atoms with Crippen molar-refractivity contribution in [3.05, 3.63) is 0 Å². The molecule has 0 unspecified atom stereocenters. The minimum absolute atomic E-state index is 0.598. The van der Waals surface area contributed by atoms with Crippen LogP contribution >= 0.6 is 0 Å². The van der Waals surface area contributed by atoms with Crippen molar-refractivity contribution < 1.29 is 14.2 Å². The summed E-state index contributed by atoms with van der Waals surface area (Å²) >= 11 is 0. The minimum atomic E-state index is 0.598. The molecule has 0 atom stereocenters. The third-order valence-corrected chi connectivity index (χ3v) is 3.09. The van der Waals surface area contributed by atoms with Gasteiger partial charge in [-0.2, -0.15) is 0 Å². The first kappa shape index (κ1) is 19.9. The van der Waals surface area contributed by atoms with E-state index in [0.29, 0.717) is 32.3 Å². The molecule has 0 amide bonds. The fraction of sp³-hybridized carbons (Fsp3) is 1.00. The van der Waals surface area contributed by atoms with E-state index in [1.54, 1.807) is 0 Å². The summed E-state index contributed by atoms with van der Waals surface area (Å²) in [5.41, 5.74) is 0. The molecule has 0 bridgehead atoms. The van der Waals surface area contributed by atoms with Crippen LogP contribution in [0.2, 0.25) is 0 Å². The van der Waals surface area contributed by atoms with Crippen LogP contribution in [-0.2, 0) is 14.2 Å². The molecule has 0 radical (unpaired) electrons. The van der Waals surface area contributed by atoms with Gasteiger partial charge in [0.1, 0.15) is 0 Å². The molecule has 0 aliphatic heterocycles. The first-order valence-corrected chi connectivity index (χ1v) is 8.50. The largest absolute Gasteiger partial charge is 0.379 e. The molecule has 20 heavy (non-hydrogen) atoms. The molecule has 0 aromatic heterocycles. The molecule has 0 rings (SSSR count). The smallest absolute Gasteiger partial charge is 0.0701 e. The first-order valence-electron chi connectivity index (χ1n) is 8.50. The molecular formula is C17H36O3. The molecule has 0 fully saturated rings. The van der Waals surface area contributed by atoms with Crippen molar-refractivity contribution in [1.82, 2.24) is 0 Å². The van der Waals surface area contributed by atoms with Crippen LogP contribution in [0.1, 0.15) is 65.7 Å². The van der Waals surface area contributed by atoms with Gasteiger partial charge in [0.25, 0.3) is 0 Å². The highest BCUT2D eigenvalue weighted by molar-refractivity contribution is 4.45. The molecule has 0 aliphatic carbocycles. The van der Waals surface area contributed by atoms with E-state index < -0.39 is 0 Å². The summed E-state index contributed by atoms with van der Waals surface area (Å²) in [5.74, 6) is 0.598. The van der Waals surface area contributed by atoms with Gasteiger partial charge in [-0.25, -0.2) is 0 Å². The third-order valence-electron chi connectivity index (χ3n) is 3.09. The number of unbranched alkanes of at least 4 members (excludes halogenated alkanes) is 6. The van der Waals surface area contributed by atoms with E-state index >= 15 is 0 Å². The van der Waals surface area contributed by atoms with E-state index in [1.807, 2.05) is 0 Å². The summed E-state index contributed by atoms with van der Waals surface area (Å²) in [4.78, 5) is 0. The molecule has 0 saturated heterocycles. The first-order chi connectivity index (χ1) is 9.77. The Kier molecular flexibility index (Phi) is 16.8. The van der Waals surface area contributed by atoms with Crippen LogP contribution in [0.15, 0.2) is 0 Å². The summed E-state index contributed by atoms with van der Waals surface area (Å²) in [7, 11) is 0. The van der Waals surface area contributed by atoms with Crippen molar-refractivity contribution in [3.63, 3.8) is 0 Å². The highest BCUT2D eigenvalue weighted by Gasteiger charge is 1.95. The normalized spacial score (nSPS) is 11.4. The molecule has 0 aromatic rings. The van der Waals surface area contributed by atoms with Crippen molar-refractivity contribution in [2.24, 2.45) is 5.92 Å². The number of hydrogen-bond donors (Lipinski definition) is 0. The van der Waals surface area contributed by atoms with Crippen molar-refractivity contribution in [1.29, 1.82) is 0 Å². The van der Waals surface area contributed by atoms with Gasteiger partial charge in [0.05, 0.1) is 26.4 Å². The summed E-state index contributed by atoms with van der Waals surface area (Å²) < 4.78 is 16.4. The van der Waals surface area contributed by atoms with Gasteiger partial charge in [0.15, 0.2) is 0 Å². The Morgan fingerprint density at radius 3 is 1.70 bits per heavy atom. The second-order valence-corrected chi connectivity index (χ2v) is 5.81. The minimum Gasteiger partial charge on any atom is -0.379 e. The van der Waals surface area contributed by atoms with Gasteiger partial charge >= 0.3 is 0 Å². The molecule has 0 saturated carbocycles. The Hall–Kier alpha value is -0.120. The monoisotopic (exact) mass is 288 g/mol. The highest BCUT2D eigenvalue weighted by atomic mass is 16.5. The topological polar surface area (TPSA) is 27.7 Å². The average molecular weight is 288 g/mol. The van der Waals surface area contributed by atoms with Crippen molar-refractivity contribution >= 4 is 0 Å². The second kappa shape index (κ2) is 16.9. The lowest BCUT2D eigenvalue weighted by molar-refractivity contribution is 0.00900. The zero-order chi connectivity index (χ0) is 14.9. The maximum Gasteiger partial charge on any atom is 0.0701 e. The van der Waals surface area contributed by atoms with Crippen LogP contribution in [0.25, 0.3) is 0 Å². The van der Waals surface area contributed by atoms with E-state index in [0.717, 1.165) is 13.2 Å². The van der Waals surface area contributed by atoms with Crippen LogP contribution in [0.4, 0.5) is 0 Å². The van der Waals surface area contributed by atoms with Crippen molar-refractivity contribution in [2.45, 2.75) is 65.7 Å². The Labute approximate surface area is 126 Å². The van der Waals surface area contributed by atoms with Gasteiger partial charge in [0, 0.05) is 13.2 Å². The maximum absolute atomic E-state index is 5.54. The summed E-state index contributed by atoms with van der Waals surface area (Å²) in [6.45, 7) is 11.0. The number of rotatable bonds is 16. The molecule has 0 aliphatic rings. The van der Waals surface area contributed by atoms with Gasteiger partial charge in [-0.3, -0.25) is 0 Å². The van der Waals surface area contributed by atoms with E-state index in [-0.39, 0.29) is 0 Å². The predicted molar refractivity (Wildman–Crippen MR) is 85.3 cm³/mol. The predicted octanol–water partition coefficient (Wildman–Crippen LogP) is 4.44. The summed E-state index contributed by atoms with van der Waals surface area (Å²) in [6, 6.07) is 0. The molecular weight excluding hydrogens is 252 g/mol. The third kappa shape index (κ3) is 17.9. The van der Waals surface area contributed by atoms with Crippen LogP contribution < -0.4 is 0 Å². The summed E-state index contributed by atoms with van der Waals surface area (Å²) in [5, 5.41) is 0. The van der Waals surface area contributed by atoms with Crippen molar-refractivity contribution in [3.8, 4) is 0 Å². The van der Waals surface area contributed by atoms with Crippen LogP contribution in [0.3, 0.4) is 0 Å². The van der Waals surface area contributed by atoms with Crippen LogP contribution in [-0.4, -0.2) is 39.6 Å². The van der Waals surface area contributed by atoms with Crippen molar-refractivity contribution in [2.75, 3.05) is 39.6 Å². The molecule has 0 aromatic carbocycles. The van der Waals surface area contributed by atoms with Crippen LogP contribution in [0, 0.1) is 5.92 Å². The van der Waals surface area contributed by atoms with Gasteiger partial charge < -0.3 is 14.2 Å². The second-order valence-electron chi connectivity index (χ2n) is 5.81. The molecule has 3 nitrogen and oxygen atoms in total. The van der Waals surface area contributed by atoms with E-state index in [9.17, 15) is 0 Å². The standard InChI is InChI=1S/C17H36O3/c1-4-5-6-7-8-9-10-11-18-12-13-19-14-15-20-16-17(2)3/h17H,4-16H2,1-3H3. The lowest BCUT2D eigenvalue weighted by Gasteiger charge is -2.08. The lowest BCUT2D eigenvalue weighted by atomic mass is 10.1. The number of hydrogen-bond acceptors (Lipinski definition) is 3. The highest BCUT2D eigenvalue weighted by Crippen LogP contribution is 2.06. The SMILES string of the molecule is CCCCCCCCCOCCOCCOCC(C)C. The van der Waals surface area contributed by atoms with Crippen LogP contribution in [0.5, 0.6) is 0 Å². The number of ether oxygens (including phenoxy) is 3. The maximum atomic E-state index is 5.54. The molecule has 0 N–H and O–H groups in total. The van der Waals surface area contributed by atoms with Gasteiger partial charge in [-0.05, 0) is 12.3 Å². The zero-order valence-electron chi connectivity index (χ0n) is 14.0. The molecule has 0 spiro atoms. The lowest BCUT2D eigenvalue weighted by Crippen LogP contribution is -2.11. The Balaban J connectivity index is 2.92. The molecule has 122 valence electrons. The molecule has 0 heterocycles. The van der Waals surface area contributed by atoms with Gasteiger partial charge in [0.2, 0.25) is 0 Å². The Morgan fingerprint density at radius 2 is 1.10 bits per heavy atom. The van der Waals surface area contributed by atoms with E-state index in [2.05, 4.69) is 20.8 Å². The zero-order valence-corrected chi connectivity index (χ0v) is 14.0. The fourth-order valence-corrected chi connectivity index (χ4v) is 1.92. The van der Waals surface area contributed by atoms with E-state index in [4.69, 9.17) is 14.2 Å². The quantitative estimate of drug-likeness (QED) is 0.393. The van der Waals surface area contributed by atoms with Gasteiger partial charge in [-0.1, -0.05) is 59.3 Å². The average Bonchev–Trinajstić information content (AvgIpc) is 2.43. The van der Waals surface area contributed by atoms with E-state index in [1.165, 1.54) is 44.9 Å². The van der Waals surface area contributed by atoms with Gasteiger partial charge in [-0.15, -0.1) is 0 Å². The Morgan fingerprint density at radius 1 is 0.600 bits per heavy atom.